The van der Waals surface area contributed by atoms with Gasteiger partial charge < -0.3 is 10.4 Å². The maximum atomic E-state index is 8.76. The van der Waals surface area contributed by atoms with Crippen molar-refractivity contribution in [3.63, 3.8) is 0 Å². The third-order valence-corrected chi connectivity index (χ3v) is 3.74. The predicted octanol–water partition coefficient (Wildman–Crippen LogP) is 2.71. The molecule has 1 aliphatic rings. The monoisotopic (exact) mass is 213 g/mol. The summed E-state index contributed by atoms with van der Waals surface area (Å²) in [4.78, 5) is 0. The highest BCUT2D eigenvalue weighted by molar-refractivity contribution is 4.78. The summed E-state index contributed by atoms with van der Waals surface area (Å²) in [5, 5.41) is 12.4. The molecule has 0 aromatic heterocycles. The highest BCUT2D eigenvalue weighted by atomic mass is 16.2. The van der Waals surface area contributed by atoms with E-state index >= 15 is 0 Å². The molecular weight excluding hydrogens is 186 g/mol. The van der Waals surface area contributed by atoms with Gasteiger partial charge in [-0.05, 0) is 51.4 Å². The van der Waals surface area contributed by atoms with Gasteiger partial charge in [0.25, 0.3) is 0 Å². The quantitative estimate of drug-likeness (QED) is 0.711. The summed E-state index contributed by atoms with van der Waals surface area (Å²) in [5.41, 5.74) is 0. The minimum atomic E-state index is 0.328. The third-order valence-electron chi connectivity index (χ3n) is 3.74. The molecule has 1 atom stereocenters. The van der Waals surface area contributed by atoms with Gasteiger partial charge in [0.1, 0.15) is 0 Å². The zero-order valence-corrected chi connectivity index (χ0v) is 10.3. The van der Waals surface area contributed by atoms with Gasteiger partial charge in [0.15, 0.2) is 0 Å². The molecule has 0 bridgehead atoms. The van der Waals surface area contributed by atoms with Gasteiger partial charge in [0.05, 0.1) is 0 Å². The van der Waals surface area contributed by atoms with Crippen LogP contribution >= 0.6 is 0 Å². The SMILES string of the molecule is CCC1CCC(NC(C)CCCO)CC1. The molecule has 2 nitrogen and oxygen atoms in total. The Morgan fingerprint density at radius 1 is 1.27 bits per heavy atom. The van der Waals surface area contributed by atoms with Gasteiger partial charge in [0.2, 0.25) is 0 Å². The number of rotatable bonds is 6. The number of aliphatic hydroxyl groups excluding tert-OH is 1. The maximum Gasteiger partial charge on any atom is 0.0431 e. The van der Waals surface area contributed by atoms with E-state index in [1.54, 1.807) is 0 Å². The fourth-order valence-electron chi connectivity index (χ4n) is 2.62. The summed E-state index contributed by atoms with van der Waals surface area (Å²) in [6.07, 6.45) is 8.89. The van der Waals surface area contributed by atoms with E-state index in [4.69, 9.17) is 5.11 Å². The van der Waals surface area contributed by atoms with Crippen LogP contribution in [-0.4, -0.2) is 23.8 Å². The molecular formula is C13H27NO. The summed E-state index contributed by atoms with van der Waals surface area (Å²) in [7, 11) is 0. The third kappa shape index (κ3) is 4.98. The largest absolute Gasteiger partial charge is 0.396 e. The van der Waals surface area contributed by atoms with E-state index < -0.39 is 0 Å². The van der Waals surface area contributed by atoms with Gasteiger partial charge >= 0.3 is 0 Å². The lowest BCUT2D eigenvalue weighted by atomic mass is 9.84. The molecule has 0 spiro atoms. The second-order valence-corrected chi connectivity index (χ2v) is 5.06. The maximum absolute atomic E-state index is 8.76. The molecule has 1 unspecified atom stereocenters. The van der Waals surface area contributed by atoms with Gasteiger partial charge in [-0.2, -0.15) is 0 Å². The first-order chi connectivity index (χ1) is 7.26. The average molecular weight is 213 g/mol. The van der Waals surface area contributed by atoms with E-state index in [1.807, 2.05) is 0 Å². The lowest BCUT2D eigenvalue weighted by Crippen LogP contribution is -2.39. The van der Waals surface area contributed by atoms with Crippen LogP contribution in [0.2, 0.25) is 0 Å². The van der Waals surface area contributed by atoms with Crippen LogP contribution in [0.5, 0.6) is 0 Å². The van der Waals surface area contributed by atoms with Crippen molar-refractivity contribution in [3.05, 3.63) is 0 Å². The minimum absolute atomic E-state index is 0.328. The number of hydrogen-bond donors (Lipinski definition) is 2. The first-order valence-corrected chi connectivity index (χ1v) is 6.63. The van der Waals surface area contributed by atoms with Crippen molar-refractivity contribution < 1.29 is 5.11 Å². The standard InChI is InChI=1S/C13H27NO/c1-3-12-6-8-13(9-7-12)14-11(2)5-4-10-15/h11-15H,3-10H2,1-2H3. The van der Waals surface area contributed by atoms with Gasteiger partial charge in [-0.1, -0.05) is 13.3 Å². The molecule has 1 fully saturated rings. The summed E-state index contributed by atoms with van der Waals surface area (Å²) in [5.74, 6) is 0.982. The zero-order chi connectivity index (χ0) is 11.1. The zero-order valence-electron chi connectivity index (χ0n) is 10.3. The van der Waals surface area contributed by atoms with E-state index in [1.165, 1.54) is 32.1 Å². The van der Waals surface area contributed by atoms with Crippen LogP contribution in [0.25, 0.3) is 0 Å². The molecule has 1 rings (SSSR count). The van der Waals surface area contributed by atoms with E-state index in [0.717, 1.165) is 24.8 Å². The Hall–Kier alpha value is -0.0800. The fourth-order valence-corrected chi connectivity index (χ4v) is 2.62. The van der Waals surface area contributed by atoms with Crippen LogP contribution < -0.4 is 5.32 Å². The Morgan fingerprint density at radius 3 is 2.47 bits per heavy atom. The van der Waals surface area contributed by atoms with E-state index in [9.17, 15) is 0 Å². The van der Waals surface area contributed by atoms with Crippen molar-refractivity contribution in [2.45, 2.75) is 70.9 Å². The van der Waals surface area contributed by atoms with Crippen molar-refractivity contribution in [1.29, 1.82) is 0 Å². The van der Waals surface area contributed by atoms with Gasteiger partial charge in [-0.3, -0.25) is 0 Å². The first-order valence-electron chi connectivity index (χ1n) is 6.63. The van der Waals surface area contributed by atoms with E-state index in [0.29, 0.717) is 12.6 Å². The summed E-state index contributed by atoms with van der Waals surface area (Å²) in [6, 6.07) is 1.31. The topological polar surface area (TPSA) is 32.3 Å². The predicted molar refractivity (Wildman–Crippen MR) is 65.0 cm³/mol. The molecule has 0 heterocycles. The molecule has 2 heteroatoms. The van der Waals surface area contributed by atoms with Crippen LogP contribution in [-0.2, 0) is 0 Å². The van der Waals surface area contributed by atoms with Crippen molar-refractivity contribution in [2.24, 2.45) is 5.92 Å². The van der Waals surface area contributed by atoms with Crippen LogP contribution in [0.15, 0.2) is 0 Å². The Bertz CT molecular complexity index is 153. The minimum Gasteiger partial charge on any atom is -0.396 e. The van der Waals surface area contributed by atoms with E-state index in [-0.39, 0.29) is 0 Å². The number of nitrogens with one attached hydrogen (secondary N) is 1. The van der Waals surface area contributed by atoms with Crippen molar-refractivity contribution >= 4 is 0 Å². The van der Waals surface area contributed by atoms with Crippen molar-refractivity contribution in [2.75, 3.05) is 6.61 Å². The second kappa shape index (κ2) is 7.24. The summed E-state index contributed by atoms with van der Waals surface area (Å²) in [6.45, 7) is 4.87. The fraction of sp³-hybridized carbons (Fsp3) is 1.00. The normalized spacial score (nSPS) is 29.0. The molecule has 2 N–H and O–H groups in total. The molecule has 15 heavy (non-hydrogen) atoms. The van der Waals surface area contributed by atoms with Crippen molar-refractivity contribution in [1.82, 2.24) is 5.32 Å². The van der Waals surface area contributed by atoms with Crippen LogP contribution in [0.4, 0.5) is 0 Å². The summed E-state index contributed by atoms with van der Waals surface area (Å²) < 4.78 is 0. The molecule has 0 aromatic carbocycles. The molecule has 90 valence electrons. The first kappa shape index (κ1) is 13.0. The Morgan fingerprint density at radius 2 is 1.93 bits per heavy atom. The molecule has 0 aliphatic heterocycles. The van der Waals surface area contributed by atoms with E-state index in [2.05, 4.69) is 19.2 Å². The van der Waals surface area contributed by atoms with Gasteiger partial charge in [-0.15, -0.1) is 0 Å². The Labute approximate surface area is 94.5 Å². The van der Waals surface area contributed by atoms with Crippen LogP contribution in [0.1, 0.15) is 58.8 Å². The van der Waals surface area contributed by atoms with Crippen LogP contribution in [0, 0.1) is 5.92 Å². The summed E-state index contributed by atoms with van der Waals surface area (Å²) >= 11 is 0. The molecule has 0 aromatic rings. The highest BCUT2D eigenvalue weighted by Crippen LogP contribution is 2.26. The van der Waals surface area contributed by atoms with Gasteiger partial charge in [0, 0.05) is 18.7 Å². The second-order valence-electron chi connectivity index (χ2n) is 5.06. The molecule has 0 radical (unpaired) electrons. The van der Waals surface area contributed by atoms with Gasteiger partial charge in [-0.25, -0.2) is 0 Å². The molecule has 1 saturated carbocycles. The number of aliphatic hydroxyl groups is 1. The van der Waals surface area contributed by atoms with Crippen molar-refractivity contribution in [3.8, 4) is 0 Å². The smallest absolute Gasteiger partial charge is 0.0431 e. The molecule has 0 amide bonds. The Balaban J connectivity index is 2.12. The highest BCUT2D eigenvalue weighted by Gasteiger charge is 2.20. The lowest BCUT2D eigenvalue weighted by molar-refractivity contribution is 0.250. The average Bonchev–Trinajstić information content (AvgIpc) is 2.27. The Kier molecular flexibility index (Phi) is 6.26. The number of hydrogen-bond acceptors (Lipinski definition) is 2. The lowest BCUT2D eigenvalue weighted by Gasteiger charge is -2.30. The molecule has 1 aliphatic carbocycles. The molecule has 0 saturated heterocycles. The van der Waals surface area contributed by atoms with Crippen LogP contribution in [0.3, 0.4) is 0 Å².